The lowest BCUT2D eigenvalue weighted by atomic mass is 10.4. The van der Waals surface area contributed by atoms with Gasteiger partial charge in [0, 0.05) is 0 Å². The highest BCUT2D eigenvalue weighted by atomic mass is 35.5. The zero-order valence-electron chi connectivity index (χ0n) is 6.78. The maximum absolute atomic E-state index is 10.2. The van der Waals surface area contributed by atoms with Crippen LogP contribution in [0.4, 0.5) is 4.79 Å². The number of carbonyl (C=O) groups is 1. The molecular formula is C3H3ClN4O7. The molecule has 12 heteroatoms. The Morgan fingerprint density at radius 2 is 1.47 bits per heavy atom. The molecule has 0 aliphatic carbocycles. The lowest BCUT2D eigenvalue weighted by Gasteiger charge is -2.07. The zero-order valence-corrected chi connectivity index (χ0v) is 7.54. The standard InChI is InChI=1S/C3H3ClN4O7/c4-2(9)5-1-3(6(10)11,7(12)13)8(14)15/h1H2,(H,5,9). The number of hydrogen-bond acceptors (Lipinski definition) is 7. The normalized spacial score (nSPS) is 10.5. The van der Waals surface area contributed by atoms with Gasteiger partial charge in [0.05, 0.1) is 0 Å². The third-order valence-corrected chi connectivity index (χ3v) is 1.48. The Morgan fingerprint density at radius 1 is 1.13 bits per heavy atom. The Morgan fingerprint density at radius 3 is 1.67 bits per heavy atom. The number of nitrogens with zero attached hydrogens (tertiary/aromatic N) is 3. The average Bonchev–Trinajstić information content (AvgIpc) is 2.02. The summed E-state index contributed by atoms with van der Waals surface area (Å²) in [6, 6.07) is 0. The Balaban J connectivity index is 5.15. The quantitative estimate of drug-likeness (QED) is 0.222. The molecule has 0 aromatic heterocycles. The van der Waals surface area contributed by atoms with Crippen LogP contribution in [0.3, 0.4) is 0 Å². The molecule has 0 fully saturated rings. The number of hydrogen-bond donors (Lipinski definition) is 1. The molecule has 0 unspecified atom stereocenters. The van der Waals surface area contributed by atoms with E-state index in [9.17, 15) is 35.1 Å². The van der Waals surface area contributed by atoms with Gasteiger partial charge in [-0.1, -0.05) is 0 Å². The van der Waals surface area contributed by atoms with Crippen LogP contribution in [-0.2, 0) is 0 Å². The summed E-state index contributed by atoms with van der Waals surface area (Å²) in [5, 5.41) is 30.8. The molecule has 0 spiro atoms. The van der Waals surface area contributed by atoms with Gasteiger partial charge < -0.3 is 5.32 Å². The van der Waals surface area contributed by atoms with Gasteiger partial charge in [0.25, 0.3) is 0 Å². The lowest BCUT2D eigenvalue weighted by molar-refractivity contribution is -0.966. The minimum atomic E-state index is -3.72. The van der Waals surface area contributed by atoms with Crippen LogP contribution in [0.5, 0.6) is 0 Å². The number of nitro groups is 3. The minimum absolute atomic E-state index is 1.37. The SMILES string of the molecule is O=C(Cl)NCC([N+](=O)[O-])([N+](=O)[O-])[N+](=O)[O-]. The number of amides is 1. The first kappa shape index (κ1) is 13.0. The van der Waals surface area contributed by atoms with Crippen molar-refractivity contribution in [3.8, 4) is 0 Å². The third-order valence-electron chi connectivity index (χ3n) is 1.34. The van der Waals surface area contributed by atoms with Crippen LogP contribution < -0.4 is 5.32 Å². The first-order chi connectivity index (χ1) is 6.75. The lowest BCUT2D eigenvalue weighted by Crippen LogP contribution is -2.59. The van der Waals surface area contributed by atoms with Crippen LogP contribution in [-0.4, -0.2) is 32.5 Å². The molecular weight excluding hydrogens is 240 g/mol. The van der Waals surface area contributed by atoms with E-state index in [1.807, 2.05) is 0 Å². The topological polar surface area (TPSA) is 159 Å². The molecule has 0 heterocycles. The Hall–Kier alpha value is -2.04. The molecule has 0 radical (unpaired) electrons. The first-order valence-electron chi connectivity index (χ1n) is 3.12. The fourth-order valence-electron chi connectivity index (χ4n) is 0.582. The van der Waals surface area contributed by atoms with Crippen molar-refractivity contribution in [3.63, 3.8) is 0 Å². The van der Waals surface area contributed by atoms with Crippen molar-refractivity contribution in [1.82, 2.24) is 5.32 Å². The van der Waals surface area contributed by atoms with Crippen LogP contribution >= 0.6 is 11.6 Å². The Kier molecular flexibility index (Phi) is 3.85. The maximum Gasteiger partial charge on any atom is 0.717 e. The molecule has 84 valence electrons. The second-order valence-electron chi connectivity index (χ2n) is 2.17. The van der Waals surface area contributed by atoms with Crippen LogP contribution in [0.15, 0.2) is 0 Å². The van der Waals surface area contributed by atoms with E-state index in [0.717, 1.165) is 0 Å². The molecule has 0 saturated heterocycles. The van der Waals surface area contributed by atoms with Crippen molar-refractivity contribution < 1.29 is 19.6 Å². The molecule has 0 saturated carbocycles. The van der Waals surface area contributed by atoms with Crippen molar-refractivity contribution in [1.29, 1.82) is 0 Å². The fraction of sp³-hybridized carbons (Fsp3) is 0.667. The highest BCUT2D eigenvalue weighted by Crippen LogP contribution is 2.11. The van der Waals surface area contributed by atoms with Gasteiger partial charge in [0.1, 0.15) is 0 Å². The van der Waals surface area contributed by atoms with E-state index in [4.69, 9.17) is 0 Å². The van der Waals surface area contributed by atoms with Crippen LogP contribution in [0.1, 0.15) is 0 Å². The van der Waals surface area contributed by atoms with Gasteiger partial charge in [0.15, 0.2) is 14.8 Å². The van der Waals surface area contributed by atoms with Gasteiger partial charge >= 0.3 is 11.2 Å². The van der Waals surface area contributed by atoms with Gasteiger partial charge in [-0.25, -0.2) is 0 Å². The average molecular weight is 243 g/mol. The molecule has 1 N–H and O–H groups in total. The van der Waals surface area contributed by atoms with Crippen molar-refractivity contribution in [3.05, 3.63) is 30.3 Å². The molecule has 0 rings (SSSR count). The fourth-order valence-corrected chi connectivity index (χ4v) is 0.649. The summed E-state index contributed by atoms with van der Waals surface area (Å²) in [5.41, 5.74) is 0. The molecule has 1 amide bonds. The summed E-state index contributed by atoms with van der Waals surface area (Å²) < 4.78 is 0. The molecule has 0 aliphatic rings. The predicted octanol–water partition coefficient (Wildman–Crippen LogP) is -0.581. The van der Waals surface area contributed by atoms with Crippen LogP contribution in [0.2, 0.25) is 0 Å². The molecule has 0 atom stereocenters. The van der Waals surface area contributed by atoms with E-state index >= 15 is 0 Å². The van der Waals surface area contributed by atoms with Gasteiger partial charge in [0.2, 0.25) is 6.54 Å². The van der Waals surface area contributed by atoms with E-state index in [-0.39, 0.29) is 0 Å². The molecule has 0 aliphatic heterocycles. The van der Waals surface area contributed by atoms with Gasteiger partial charge in [-0.05, 0) is 11.6 Å². The molecule has 0 aromatic carbocycles. The molecule has 0 bridgehead atoms. The number of halogens is 1. The second-order valence-corrected chi connectivity index (χ2v) is 2.52. The van der Waals surface area contributed by atoms with Crippen molar-refractivity contribution in [2.45, 2.75) is 5.79 Å². The summed E-state index contributed by atoms with van der Waals surface area (Å²) in [7, 11) is 0. The third kappa shape index (κ3) is 2.46. The smallest absolute Gasteiger partial charge is 0.321 e. The number of nitrogens with one attached hydrogen (secondary N) is 1. The van der Waals surface area contributed by atoms with E-state index in [1.165, 1.54) is 5.32 Å². The van der Waals surface area contributed by atoms with Crippen molar-refractivity contribution >= 4 is 17.0 Å². The summed E-state index contributed by atoms with van der Waals surface area (Å²) >= 11 is 4.68. The van der Waals surface area contributed by atoms with Crippen LogP contribution in [0, 0.1) is 30.3 Å². The van der Waals surface area contributed by atoms with Crippen molar-refractivity contribution in [2.24, 2.45) is 0 Å². The van der Waals surface area contributed by atoms with E-state index in [0.29, 0.717) is 0 Å². The molecule has 0 aromatic rings. The zero-order chi connectivity index (χ0) is 12.2. The Labute approximate surface area is 85.4 Å². The summed E-state index contributed by atoms with van der Waals surface area (Å²) in [6.07, 6.45) is 0. The summed E-state index contributed by atoms with van der Waals surface area (Å²) in [4.78, 5) is 35.7. The monoisotopic (exact) mass is 242 g/mol. The Bertz CT molecular complexity index is 292. The maximum atomic E-state index is 10.2. The molecule has 15 heavy (non-hydrogen) atoms. The predicted molar refractivity (Wildman–Crippen MR) is 43.0 cm³/mol. The summed E-state index contributed by atoms with van der Waals surface area (Å²) in [6.45, 7) is -1.44. The number of carbonyl (C=O) groups excluding carboxylic acids is 1. The second kappa shape index (κ2) is 4.45. The van der Waals surface area contributed by atoms with Gasteiger partial charge in [-0.3, -0.25) is 35.1 Å². The summed E-state index contributed by atoms with van der Waals surface area (Å²) in [5.74, 6) is -3.72. The highest BCUT2D eigenvalue weighted by Gasteiger charge is 2.70. The van der Waals surface area contributed by atoms with E-state index in [2.05, 4.69) is 11.6 Å². The number of rotatable bonds is 5. The van der Waals surface area contributed by atoms with Gasteiger partial charge in [-0.15, -0.1) is 0 Å². The first-order valence-corrected chi connectivity index (χ1v) is 3.49. The van der Waals surface area contributed by atoms with E-state index in [1.54, 1.807) is 0 Å². The van der Waals surface area contributed by atoms with Crippen molar-refractivity contribution in [2.75, 3.05) is 6.54 Å². The van der Waals surface area contributed by atoms with Crippen LogP contribution in [0.25, 0.3) is 0 Å². The van der Waals surface area contributed by atoms with E-state index < -0.39 is 32.5 Å². The largest absolute Gasteiger partial charge is 0.717 e. The minimum Gasteiger partial charge on any atom is -0.321 e. The highest BCUT2D eigenvalue weighted by molar-refractivity contribution is 6.62. The van der Waals surface area contributed by atoms with Gasteiger partial charge in [-0.2, -0.15) is 0 Å². The molecule has 11 nitrogen and oxygen atoms in total.